The highest BCUT2D eigenvalue weighted by Crippen LogP contribution is 2.30. The molecule has 0 radical (unpaired) electrons. The van der Waals surface area contributed by atoms with E-state index in [1.54, 1.807) is 6.92 Å². The molecule has 0 spiro atoms. The lowest BCUT2D eigenvalue weighted by Gasteiger charge is -2.17. The summed E-state index contributed by atoms with van der Waals surface area (Å²) in [4.78, 5) is 21.8. The number of hydrogen-bond donors (Lipinski definition) is 2. The highest BCUT2D eigenvalue weighted by atomic mass is 16.4. The number of nitrogens with one attached hydrogen (secondary N) is 1. The molecule has 1 amide bonds. The van der Waals surface area contributed by atoms with Gasteiger partial charge >= 0.3 is 5.97 Å². The van der Waals surface area contributed by atoms with Crippen LogP contribution < -0.4 is 5.32 Å². The molecule has 1 fully saturated rings. The number of carboxylic acids is 1. The lowest BCUT2D eigenvalue weighted by atomic mass is 9.84. The van der Waals surface area contributed by atoms with Gasteiger partial charge in [-0.3, -0.25) is 9.59 Å². The van der Waals surface area contributed by atoms with E-state index in [0.29, 0.717) is 19.4 Å². The predicted octanol–water partition coefficient (Wildman–Crippen LogP) is -0.0127. The van der Waals surface area contributed by atoms with E-state index < -0.39 is 11.4 Å². The van der Waals surface area contributed by atoms with Crippen molar-refractivity contribution in [2.75, 3.05) is 6.54 Å². The molecule has 2 N–H and O–H groups in total. The number of carbonyl (C=O) groups excluding carboxylic acids is 1. The second kappa shape index (κ2) is 2.53. The first-order valence-corrected chi connectivity index (χ1v) is 3.65. The van der Waals surface area contributed by atoms with Crippen LogP contribution in [0.15, 0.2) is 0 Å². The van der Waals surface area contributed by atoms with E-state index in [4.69, 9.17) is 5.11 Å². The average Bonchev–Trinajstić information content (AvgIpc) is 2.32. The highest BCUT2D eigenvalue weighted by Gasteiger charge is 2.47. The summed E-state index contributed by atoms with van der Waals surface area (Å²) in [5.74, 6) is -1.34. The number of aliphatic carboxylic acids is 1. The van der Waals surface area contributed by atoms with Crippen molar-refractivity contribution in [2.24, 2.45) is 5.41 Å². The Labute approximate surface area is 64.6 Å². The van der Waals surface area contributed by atoms with Gasteiger partial charge in [-0.2, -0.15) is 0 Å². The van der Waals surface area contributed by atoms with Crippen LogP contribution in [0, 0.1) is 5.41 Å². The van der Waals surface area contributed by atoms with E-state index >= 15 is 0 Å². The third-order valence-electron chi connectivity index (χ3n) is 2.28. The largest absolute Gasteiger partial charge is 0.480 e. The first-order valence-electron chi connectivity index (χ1n) is 3.65. The third kappa shape index (κ3) is 0.982. The quantitative estimate of drug-likeness (QED) is 0.554. The van der Waals surface area contributed by atoms with Gasteiger partial charge < -0.3 is 10.4 Å². The highest BCUT2D eigenvalue weighted by molar-refractivity contribution is 6.03. The van der Waals surface area contributed by atoms with E-state index in [0.717, 1.165) is 0 Å². The third-order valence-corrected chi connectivity index (χ3v) is 2.28. The molecule has 0 bridgehead atoms. The summed E-state index contributed by atoms with van der Waals surface area (Å²) in [7, 11) is 0. The first kappa shape index (κ1) is 8.04. The van der Waals surface area contributed by atoms with Gasteiger partial charge in [0.25, 0.3) is 0 Å². The predicted molar refractivity (Wildman–Crippen MR) is 38.0 cm³/mol. The van der Waals surface area contributed by atoms with E-state index in [1.165, 1.54) is 0 Å². The monoisotopic (exact) mass is 157 g/mol. The van der Waals surface area contributed by atoms with Gasteiger partial charge in [0.05, 0.1) is 0 Å². The molecule has 0 saturated carbocycles. The molecule has 0 unspecified atom stereocenters. The Morgan fingerprint density at radius 3 is 2.64 bits per heavy atom. The smallest absolute Gasteiger partial charge is 0.319 e. The van der Waals surface area contributed by atoms with Gasteiger partial charge in [0.1, 0.15) is 5.41 Å². The Morgan fingerprint density at radius 1 is 1.82 bits per heavy atom. The van der Waals surface area contributed by atoms with Crippen molar-refractivity contribution in [3.8, 4) is 0 Å². The molecule has 4 nitrogen and oxygen atoms in total. The van der Waals surface area contributed by atoms with Gasteiger partial charge in [0.2, 0.25) is 5.91 Å². The molecule has 0 aromatic rings. The van der Waals surface area contributed by atoms with Crippen LogP contribution in [0.5, 0.6) is 0 Å². The van der Waals surface area contributed by atoms with E-state index in [9.17, 15) is 9.59 Å². The lowest BCUT2D eigenvalue weighted by Crippen LogP contribution is -2.38. The topological polar surface area (TPSA) is 66.4 Å². The van der Waals surface area contributed by atoms with Crippen LogP contribution in [0.3, 0.4) is 0 Å². The second-order valence-corrected chi connectivity index (χ2v) is 2.75. The summed E-state index contributed by atoms with van der Waals surface area (Å²) in [5, 5.41) is 11.3. The van der Waals surface area contributed by atoms with Gasteiger partial charge in [-0.15, -0.1) is 0 Å². The summed E-state index contributed by atoms with van der Waals surface area (Å²) in [6.45, 7) is 2.21. The van der Waals surface area contributed by atoms with Crippen LogP contribution in [-0.2, 0) is 9.59 Å². The maximum absolute atomic E-state index is 11.1. The number of hydrogen-bond acceptors (Lipinski definition) is 2. The van der Waals surface area contributed by atoms with Gasteiger partial charge in [-0.1, -0.05) is 6.92 Å². The molecule has 62 valence electrons. The van der Waals surface area contributed by atoms with Gasteiger partial charge in [0.15, 0.2) is 0 Å². The average molecular weight is 157 g/mol. The standard InChI is InChI=1S/C7H11NO3/c1-2-7(6(10)11)3-4-8-5(7)9/h2-4H2,1H3,(H,8,9)(H,10,11)/t7-/m0/s1. The number of carbonyl (C=O) groups is 2. The summed E-state index contributed by atoms with van der Waals surface area (Å²) in [6, 6.07) is 0. The molecule has 0 aliphatic carbocycles. The summed E-state index contributed by atoms with van der Waals surface area (Å²) < 4.78 is 0. The number of rotatable bonds is 2. The summed E-state index contributed by atoms with van der Waals surface area (Å²) in [6.07, 6.45) is 0.784. The zero-order chi connectivity index (χ0) is 8.48. The van der Waals surface area contributed by atoms with Crippen molar-refractivity contribution < 1.29 is 14.7 Å². The fraction of sp³-hybridized carbons (Fsp3) is 0.714. The molecule has 1 rings (SSSR count). The number of amides is 1. The molecule has 1 saturated heterocycles. The first-order chi connectivity index (χ1) is 5.13. The molecule has 0 aromatic carbocycles. The molecule has 1 aliphatic heterocycles. The molecule has 4 heteroatoms. The van der Waals surface area contributed by atoms with E-state index in [-0.39, 0.29) is 5.91 Å². The van der Waals surface area contributed by atoms with Crippen molar-refractivity contribution in [1.82, 2.24) is 5.32 Å². The van der Waals surface area contributed by atoms with Crippen molar-refractivity contribution in [3.05, 3.63) is 0 Å². The lowest BCUT2D eigenvalue weighted by molar-refractivity contribution is -0.153. The van der Waals surface area contributed by atoms with Crippen LogP contribution in [0.25, 0.3) is 0 Å². The van der Waals surface area contributed by atoms with Crippen LogP contribution >= 0.6 is 0 Å². The zero-order valence-corrected chi connectivity index (χ0v) is 6.39. The van der Waals surface area contributed by atoms with E-state index in [1.807, 2.05) is 0 Å². The van der Waals surface area contributed by atoms with Crippen LogP contribution in [0.1, 0.15) is 19.8 Å². The van der Waals surface area contributed by atoms with Crippen molar-refractivity contribution in [1.29, 1.82) is 0 Å². The molecular weight excluding hydrogens is 146 g/mol. The molecular formula is C7H11NO3. The van der Waals surface area contributed by atoms with Gasteiger partial charge in [-0.05, 0) is 12.8 Å². The second-order valence-electron chi connectivity index (χ2n) is 2.75. The molecule has 1 atom stereocenters. The Hall–Kier alpha value is -1.06. The Balaban J connectivity index is 2.91. The maximum atomic E-state index is 11.1. The molecule has 1 aliphatic rings. The van der Waals surface area contributed by atoms with Crippen molar-refractivity contribution >= 4 is 11.9 Å². The fourth-order valence-corrected chi connectivity index (χ4v) is 1.36. The molecule has 0 aromatic heterocycles. The minimum absolute atomic E-state index is 0.340. The molecule has 1 heterocycles. The fourth-order valence-electron chi connectivity index (χ4n) is 1.36. The van der Waals surface area contributed by atoms with Crippen LogP contribution in [0.4, 0.5) is 0 Å². The van der Waals surface area contributed by atoms with Crippen molar-refractivity contribution in [3.63, 3.8) is 0 Å². The van der Waals surface area contributed by atoms with Gasteiger partial charge in [-0.25, -0.2) is 0 Å². The number of carboxylic acid groups (broad SMARTS) is 1. The Bertz CT molecular complexity index is 202. The molecule has 11 heavy (non-hydrogen) atoms. The van der Waals surface area contributed by atoms with E-state index in [2.05, 4.69) is 5.32 Å². The van der Waals surface area contributed by atoms with Gasteiger partial charge in [0, 0.05) is 6.54 Å². The SMILES string of the molecule is CC[C@]1(C(=O)O)CCNC1=O. The summed E-state index contributed by atoms with van der Waals surface area (Å²) in [5.41, 5.74) is -1.14. The zero-order valence-electron chi connectivity index (χ0n) is 6.39. The minimum atomic E-state index is -1.14. The summed E-state index contributed by atoms with van der Waals surface area (Å²) >= 11 is 0. The van der Waals surface area contributed by atoms with Crippen LogP contribution in [0.2, 0.25) is 0 Å². The minimum Gasteiger partial charge on any atom is -0.480 e. The normalized spacial score (nSPS) is 30.1. The maximum Gasteiger partial charge on any atom is 0.319 e. The Morgan fingerprint density at radius 2 is 2.45 bits per heavy atom. The Kier molecular flexibility index (Phi) is 1.85. The van der Waals surface area contributed by atoms with Crippen LogP contribution in [-0.4, -0.2) is 23.5 Å². The van der Waals surface area contributed by atoms with Crippen molar-refractivity contribution in [2.45, 2.75) is 19.8 Å².